The maximum atomic E-state index is 14.2. The van der Waals surface area contributed by atoms with Gasteiger partial charge in [-0.15, -0.1) is 0 Å². The third kappa shape index (κ3) is 5.58. The first-order valence-corrected chi connectivity index (χ1v) is 12.5. The van der Waals surface area contributed by atoms with E-state index < -0.39 is 29.4 Å². The number of amides is 2. The summed E-state index contributed by atoms with van der Waals surface area (Å²) < 4.78 is 44.2. The fourth-order valence-electron chi connectivity index (χ4n) is 4.94. The van der Waals surface area contributed by atoms with Crippen LogP contribution in [-0.2, 0) is 17.8 Å². The summed E-state index contributed by atoms with van der Waals surface area (Å²) in [4.78, 5) is 29.7. The summed E-state index contributed by atoms with van der Waals surface area (Å²) >= 11 is 0. The van der Waals surface area contributed by atoms with Crippen LogP contribution < -0.4 is 11.1 Å². The van der Waals surface area contributed by atoms with E-state index in [0.717, 1.165) is 28.7 Å². The monoisotopic (exact) mass is 542 g/mol. The molecule has 202 valence electrons. The van der Waals surface area contributed by atoms with Crippen LogP contribution in [0, 0.1) is 24.4 Å². The normalized spacial score (nSPS) is 11.9. The third-order valence-electron chi connectivity index (χ3n) is 6.73. The Bertz CT molecular complexity index is 1730. The predicted molar refractivity (Wildman–Crippen MR) is 146 cm³/mol. The SMILES string of the molecule is Cc1cc2ccccc2n1CC(=O)NC(Cc1cc(F)cc(F)c1)c1ncccc1-c1ccc(F)c(C(N)=O)c1. The number of pyridine rings is 1. The standard InChI is InChI=1S/C31H25F3N4O2/c1-18-11-21-5-2-3-7-28(21)38(18)17-29(39)37-27(14-19-12-22(32)16-23(33)13-19)30-24(6-4-10-36-30)20-8-9-26(34)25(15-20)31(35)40/h2-13,15-16,27H,14,17H2,1H3,(H2,35,40)(H,37,39). The molecule has 9 heteroatoms. The second kappa shape index (κ2) is 11.1. The average Bonchev–Trinajstić information content (AvgIpc) is 3.22. The van der Waals surface area contributed by atoms with Gasteiger partial charge in [-0.3, -0.25) is 14.6 Å². The number of primary amides is 1. The summed E-state index contributed by atoms with van der Waals surface area (Å²) in [6.45, 7) is 1.90. The minimum absolute atomic E-state index is 0.00209. The molecule has 2 heterocycles. The highest BCUT2D eigenvalue weighted by Crippen LogP contribution is 2.30. The van der Waals surface area contributed by atoms with E-state index in [1.165, 1.54) is 30.5 Å². The smallest absolute Gasteiger partial charge is 0.251 e. The minimum atomic E-state index is -0.931. The molecule has 40 heavy (non-hydrogen) atoms. The van der Waals surface area contributed by atoms with E-state index in [2.05, 4.69) is 10.3 Å². The maximum Gasteiger partial charge on any atom is 0.251 e. The van der Waals surface area contributed by atoms with Crippen molar-refractivity contribution < 1.29 is 22.8 Å². The molecule has 1 atom stereocenters. The molecule has 0 saturated carbocycles. The Morgan fingerprint density at radius 2 is 1.70 bits per heavy atom. The molecule has 0 spiro atoms. The van der Waals surface area contributed by atoms with Crippen LogP contribution >= 0.6 is 0 Å². The van der Waals surface area contributed by atoms with Gasteiger partial charge in [0.2, 0.25) is 5.91 Å². The van der Waals surface area contributed by atoms with E-state index in [1.54, 1.807) is 12.1 Å². The summed E-state index contributed by atoms with van der Waals surface area (Å²) in [6.07, 6.45) is 1.53. The number of fused-ring (bicyclic) bond motifs is 1. The molecule has 2 aromatic heterocycles. The molecule has 0 radical (unpaired) electrons. The van der Waals surface area contributed by atoms with Crippen LogP contribution in [0.4, 0.5) is 13.2 Å². The van der Waals surface area contributed by atoms with E-state index in [-0.39, 0.29) is 24.4 Å². The van der Waals surface area contributed by atoms with Gasteiger partial charge < -0.3 is 15.6 Å². The molecule has 6 nitrogen and oxygen atoms in total. The molecule has 3 aromatic carbocycles. The highest BCUT2D eigenvalue weighted by Gasteiger charge is 2.23. The highest BCUT2D eigenvalue weighted by molar-refractivity contribution is 5.94. The molecule has 1 unspecified atom stereocenters. The highest BCUT2D eigenvalue weighted by atomic mass is 19.1. The van der Waals surface area contributed by atoms with Crippen LogP contribution in [0.25, 0.3) is 22.0 Å². The molecule has 0 saturated heterocycles. The van der Waals surface area contributed by atoms with Crippen molar-refractivity contribution in [1.82, 2.24) is 14.9 Å². The zero-order valence-corrected chi connectivity index (χ0v) is 21.5. The van der Waals surface area contributed by atoms with Crippen LogP contribution in [0.5, 0.6) is 0 Å². The number of para-hydroxylation sites is 1. The molecule has 5 aromatic rings. The van der Waals surface area contributed by atoms with Gasteiger partial charge in [0.25, 0.3) is 5.91 Å². The number of nitrogens with zero attached hydrogens (tertiary/aromatic N) is 2. The van der Waals surface area contributed by atoms with Gasteiger partial charge in [0.15, 0.2) is 0 Å². The van der Waals surface area contributed by atoms with E-state index in [1.807, 2.05) is 41.8 Å². The fraction of sp³-hybridized carbons (Fsp3) is 0.129. The number of nitrogens with one attached hydrogen (secondary N) is 1. The number of hydrogen-bond acceptors (Lipinski definition) is 3. The zero-order valence-electron chi connectivity index (χ0n) is 21.5. The first-order chi connectivity index (χ1) is 19.2. The van der Waals surface area contributed by atoms with Crippen LogP contribution in [-0.4, -0.2) is 21.4 Å². The van der Waals surface area contributed by atoms with E-state index in [9.17, 15) is 22.8 Å². The number of aromatic nitrogens is 2. The molecule has 0 aliphatic rings. The first kappa shape index (κ1) is 26.7. The second-order valence-corrected chi connectivity index (χ2v) is 9.53. The number of aryl methyl sites for hydroxylation is 1. The number of nitrogens with two attached hydrogens (primary N) is 1. The van der Waals surface area contributed by atoms with E-state index in [0.29, 0.717) is 22.4 Å². The molecular weight excluding hydrogens is 517 g/mol. The van der Waals surface area contributed by atoms with Crippen LogP contribution in [0.3, 0.4) is 0 Å². The van der Waals surface area contributed by atoms with Crippen LogP contribution in [0.1, 0.15) is 33.4 Å². The van der Waals surface area contributed by atoms with Gasteiger partial charge in [-0.05, 0) is 72.3 Å². The maximum absolute atomic E-state index is 14.2. The number of rotatable bonds is 8. The lowest BCUT2D eigenvalue weighted by atomic mass is 9.94. The van der Waals surface area contributed by atoms with Crippen molar-refractivity contribution in [3.63, 3.8) is 0 Å². The summed E-state index contributed by atoms with van der Waals surface area (Å²) in [5, 5.41) is 3.97. The summed E-state index contributed by atoms with van der Waals surface area (Å²) in [6, 6.07) is 19.3. The number of hydrogen-bond donors (Lipinski definition) is 2. The van der Waals surface area contributed by atoms with Gasteiger partial charge in [-0.2, -0.15) is 0 Å². The molecule has 0 aliphatic carbocycles. The van der Waals surface area contributed by atoms with Crippen molar-refractivity contribution in [2.45, 2.75) is 25.9 Å². The fourth-order valence-corrected chi connectivity index (χ4v) is 4.94. The lowest BCUT2D eigenvalue weighted by Crippen LogP contribution is -2.33. The van der Waals surface area contributed by atoms with E-state index in [4.69, 9.17) is 5.73 Å². The Labute approximate surface area is 228 Å². The Kier molecular flexibility index (Phi) is 7.37. The Morgan fingerprint density at radius 1 is 0.950 bits per heavy atom. The van der Waals surface area contributed by atoms with Gasteiger partial charge in [0.1, 0.15) is 24.0 Å². The molecule has 5 rings (SSSR count). The largest absolute Gasteiger partial charge is 0.366 e. The van der Waals surface area contributed by atoms with Crippen molar-refractivity contribution in [3.8, 4) is 11.1 Å². The third-order valence-corrected chi connectivity index (χ3v) is 6.73. The van der Waals surface area contributed by atoms with Crippen molar-refractivity contribution in [2.24, 2.45) is 5.73 Å². The van der Waals surface area contributed by atoms with Gasteiger partial charge in [-0.25, -0.2) is 13.2 Å². The lowest BCUT2D eigenvalue weighted by molar-refractivity contribution is -0.122. The Hall–Kier alpha value is -4.92. The van der Waals surface area contributed by atoms with Crippen molar-refractivity contribution >= 4 is 22.7 Å². The Balaban J connectivity index is 1.54. The van der Waals surface area contributed by atoms with Crippen molar-refractivity contribution in [2.75, 3.05) is 0 Å². The number of benzene rings is 3. The van der Waals surface area contributed by atoms with Gasteiger partial charge >= 0.3 is 0 Å². The Morgan fingerprint density at radius 3 is 2.45 bits per heavy atom. The molecule has 3 N–H and O–H groups in total. The minimum Gasteiger partial charge on any atom is -0.366 e. The zero-order chi connectivity index (χ0) is 28.4. The van der Waals surface area contributed by atoms with Crippen molar-refractivity contribution in [3.05, 3.63) is 125 Å². The van der Waals surface area contributed by atoms with Gasteiger partial charge in [-0.1, -0.05) is 30.3 Å². The first-order valence-electron chi connectivity index (χ1n) is 12.5. The molecule has 0 bridgehead atoms. The lowest BCUT2D eigenvalue weighted by Gasteiger charge is -2.22. The number of carbonyl (C=O) groups is 2. The average molecular weight is 543 g/mol. The number of halogens is 3. The number of carbonyl (C=O) groups excluding carboxylic acids is 2. The van der Waals surface area contributed by atoms with Gasteiger partial charge in [0, 0.05) is 29.0 Å². The quantitative estimate of drug-likeness (QED) is 0.266. The summed E-state index contributed by atoms with van der Waals surface area (Å²) in [5.41, 5.74) is 8.45. The van der Waals surface area contributed by atoms with Crippen molar-refractivity contribution in [1.29, 1.82) is 0 Å². The summed E-state index contributed by atoms with van der Waals surface area (Å²) in [7, 11) is 0. The molecule has 0 aliphatic heterocycles. The molecule has 2 amide bonds. The second-order valence-electron chi connectivity index (χ2n) is 9.53. The topological polar surface area (TPSA) is 90.0 Å². The van der Waals surface area contributed by atoms with E-state index >= 15 is 0 Å². The summed E-state index contributed by atoms with van der Waals surface area (Å²) in [5.74, 6) is -3.55. The van der Waals surface area contributed by atoms with Crippen LogP contribution in [0.2, 0.25) is 0 Å². The van der Waals surface area contributed by atoms with Crippen LogP contribution in [0.15, 0.2) is 85.1 Å². The van der Waals surface area contributed by atoms with Gasteiger partial charge in [0.05, 0.1) is 17.3 Å². The molecule has 0 fully saturated rings. The molecular formula is C31H25F3N4O2. The predicted octanol–water partition coefficient (Wildman–Crippen LogP) is 5.63.